The Bertz CT molecular complexity index is 248. The molecule has 1 aromatic rings. The number of nitrogens with one attached hydrogen (secondary N) is 1. The molecule has 1 N–H and O–H groups in total. The van der Waals surface area contributed by atoms with Crippen LogP contribution in [0.2, 0.25) is 0 Å². The maximum Gasteiger partial charge on any atom is 0.0175 e. The Morgan fingerprint density at radius 3 is 2.46 bits per heavy atom. The standard InChI is InChI=1S/C10H15BrNP/c1-3-12-13(2)8-9-4-6-10(11)7-5-9/h4-7,12H,3,8H2,1-2H3. The first-order valence-corrected chi connectivity index (χ1v) is 7.18. The van der Waals surface area contributed by atoms with Crippen LogP contribution in [0.25, 0.3) is 0 Å². The first kappa shape index (κ1) is 11.2. The van der Waals surface area contributed by atoms with Gasteiger partial charge in [0.1, 0.15) is 0 Å². The van der Waals surface area contributed by atoms with Gasteiger partial charge in [-0.05, 0) is 39.0 Å². The van der Waals surface area contributed by atoms with Crippen molar-refractivity contribution in [3.05, 3.63) is 34.3 Å². The Hall–Kier alpha value is 0.0900. The van der Waals surface area contributed by atoms with Crippen molar-refractivity contribution in [3.8, 4) is 0 Å². The highest BCUT2D eigenvalue weighted by molar-refractivity contribution is 9.10. The van der Waals surface area contributed by atoms with Gasteiger partial charge < -0.3 is 0 Å². The second-order valence-corrected chi connectivity index (χ2v) is 5.94. The Kier molecular flexibility index (Phi) is 4.93. The molecule has 0 aliphatic carbocycles. The van der Waals surface area contributed by atoms with E-state index in [0.29, 0.717) is 0 Å². The maximum absolute atomic E-state index is 3.46. The van der Waals surface area contributed by atoms with Crippen LogP contribution in [-0.2, 0) is 6.16 Å². The predicted octanol–water partition coefficient (Wildman–Crippen LogP) is 3.59. The minimum atomic E-state index is -0.0319. The summed E-state index contributed by atoms with van der Waals surface area (Å²) in [6.45, 7) is 5.50. The summed E-state index contributed by atoms with van der Waals surface area (Å²) in [7, 11) is -0.0319. The summed E-state index contributed by atoms with van der Waals surface area (Å²) in [6.07, 6.45) is 1.16. The Morgan fingerprint density at radius 1 is 1.31 bits per heavy atom. The van der Waals surface area contributed by atoms with Crippen LogP contribution in [0.5, 0.6) is 0 Å². The molecule has 0 aliphatic rings. The van der Waals surface area contributed by atoms with Crippen molar-refractivity contribution in [3.63, 3.8) is 0 Å². The first-order chi connectivity index (χ1) is 6.22. The van der Waals surface area contributed by atoms with Crippen molar-refractivity contribution in [2.24, 2.45) is 0 Å². The third-order valence-electron chi connectivity index (χ3n) is 1.76. The summed E-state index contributed by atoms with van der Waals surface area (Å²) in [5, 5.41) is 3.46. The molecule has 1 unspecified atom stereocenters. The van der Waals surface area contributed by atoms with Gasteiger partial charge in [0.25, 0.3) is 0 Å². The summed E-state index contributed by atoms with van der Waals surface area (Å²) in [6, 6.07) is 8.56. The number of rotatable bonds is 4. The third kappa shape index (κ3) is 4.21. The molecule has 3 heteroatoms. The van der Waals surface area contributed by atoms with Crippen LogP contribution in [0, 0.1) is 0 Å². The molecular weight excluding hydrogens is 245 g/mol. The zero-order valence-electron chi connectivity index (χ0n) is 8.05. The number of benzene rings is 1. The van der Waals surface area contributed by atoms with Gasteiger partial charge in [-0.1, -0.05) is 35.0 Å². The van der Waals surface area contributed by atoms with Crippen LogP contribution in [0.15, 0.2) is 28.7 Å². The molecular formula is C10H15BrNP. The van der Waals surface area contributed by atoms with Gasteiger partial charge in [-0.25, -0.2) is 0 Å². The van der Waals surface area contributed by atoms with Crippen LogP contribution in [-0.4, -0.2) is 13.2 Å². The van der Waals surface area contributed by atoms with Crippen LogP contribution in [0.4, 0.5) is 0 Å². The normalized spacial score (nSPS) is 12.8. The smallest absolute Gasteiger partial charge is 0.0175 e. The molecule has 1 nitrogen and oxygen atoms in total. The van der Waals surface area contributed by atoms with E-state index in [4.69, 9.17) is 0 Å². The van der Waals surface area contributed by atoms with Crippen LogP contribution >= 0.6 is 24.0 Å². The van der Waals surface area contributed by atoms with Crippen molar-refractivity contribution < 1.29 is 0 Å². The van der Waals surface area contributed by atoms with E-state index < -0.39 is 0 Å². The van der Waals surface area contributed by atoms with Crippen molar-refractivity contribution in [1.29, 1.82) is 0 Å². The molecule has 0 radical (unpaired) electrons. The van der Waals surface area contributed by atoms with Crippen molar-refractivity contribution >= 4 is 24.0 Å². The van der Waals surface area contributed by atoms with Gasteiger partial charge in [0.05, 0.1) is 0 Å². The van der Waals surface area contributed by atoms with Gasteiger partial charge in [0, 0.05) is 10.6 Å². The van der Waals surface area contributed by atoms with Gasteiger partial charge >= 0.3 is 0 Å². The zero-order valence-corrected chi connectivity index (χ0v) is 10.5. The largest absolute Gasteiger partial charge is 0.296 e. The minimum absolute atomic E-state index is 0.0319. The molecule has 13 heavy (non-hydrogen) atoms. The molecule has 0 aliphatic heterocycles. The quantitative estimate of drug-likeness (QED) is 0.816. The fourth-order valence-electron chi connectivity index (χ4n) is 1.19. The molecule has 1 aromatic carbocycles. The highest BCUT2D eigenvalue weighted by atomic mass is 79.9. The predicted molar refractivity (Wildman–Crippen MR) is 64.4 cm³/mol. The van der Waals surface area contributed by atoms with E-state index in [1.54, 1.807) is 0 Å². The van der Waals surface area contributed by atoms with Crippen molar-refractivity contribution in [2.45, 2.75) is 13.1 Å². The molecule has 72 valence electrons. The van der Waals surface area contributed by atoms with Gasteiger partial charge in [0.15, 0.2) is 0 Å². The highest BCUT2D eigenvalue weighted by Crippen LogP contribution is 2.30. The number of hydrogen-bond donors (Lipinski definition) is 1. The average Bonchev–Trinajstić information content (AvgIpc) is 2.09. The molecule has 0 fully saturated rings. The highest BCUT2D eigenvalue weighted by Gasteiger charge is 2.00. The zero-order chi connectivity index (χ0) is 9.68. The molecule has 0 heterocycles. The van der Waals surface area contributed by atoms with Crippen LogP contribution in [0.3, 0.4) is 0 Å². The van der Waals surface area contributed by atoms with E-state index in [-0.39, 0.29) is 8.07 Å². The molecule has 0 amide bonds. The Morgan fingerprint density at radius 2 is 1.92 bits per heavy atom. The van der Waals surface area contributed by atoms with E-state index in [2.05, 4.69) is 58.9 Å². The van der Waals surface area contributed by atoms with Crippen molar-refractivity contribution in [1.82, 2.24) is 5.09 Å². The van der Waals surface area contributed by atoms with E-state index in [9.17, 15) is 0 Å². The van der Waals surface area contributed by atoms with Gasteiger partial charge in [0.2, 0.25) is 0 Å². The lowest BCUT2D eigenvalue weighted by atomic mass is 10.2. The summed E-state index contributed by atoms with van der Waals surface area (Å²) >= 11 is 3.43. The lowest BCUT2D eigenvalue weighted by molar-refractivity contribution is 1.01. The molecule has 0 spiro atoms. The molecule has 0 saturated carbocycles. The fraction of sp³-hybridized carbons (Fsp3) is 0.400. The molecule has 0 saturated heterocycles. The van der Waals surface area contributed by atoms with Gasteiger partial charge in [-0.15, -0.1) is 0 Å². The number of halogens is 1. The van der Waals surface area contributed by atoms with Crippen LogP contribution in [0.1, 0.15) is 12.5 Å². The molecule has 0 bridgehead atoms. The maximum atomic E-state index is 3.46. The van der Waals surface area contributed by atoms with Gasteiger partial charge in [-0.2, -0.15) is 0 Å². The van der Waals surface area contributed by atoms with Gasteiger partial charge in [-0.3, -0.25) is 5.09 Å². The fourth-order valence-corrected chi connectivity index (χ4v) is 2.86. The Balaban J connectivity index is 2.49. The molecule has 0 aromatic heterocycles. The molecule has 1 atom stereocenters. The Labute approximate surface area is 89.9 Å². The van der Waals surface area contributed by atoms with E-state index in [0.717, 1.165) is 17.2 Å². The molecule has 1 rings (SSSR count). The SMILES string of the molecule is CCNP(C)Cc1ccc(Br)cc1. The average molecular weight is 260 g/mol. The summed E-state index contributed by atoms with van der Waals surface area (Å²) in [5.74, 6) is 0. The summed E-state index contributed by atoms with van der Waals surface area (Å²) < 4.78 is 1.15. The van der Waals surface area contributed by atoms with E-state index in [1.807, 2.05) is 0 Å². The van der Waals surface area contributed by atoms with Crippen LogP contribution < -0.4 is 5.09 Å². The van der Waals surface area contributed by atoms with E-state index in [1.165, 1.54) is 5.56 Å². The summed E-state index contributed by atoms with van der Waals surface area (Å²) in [5.41, 5.74) is 1.41. The van der Waals surface area contributed by atoms with E-state index >= 15 is 0 Å². The number of hydrogen-bond acceptors (Lipinski definition) is 1. The third-order valence-corrected chi connectivity index (χ3v) is 3.99. The first-order valence-electron chi connectivity index (χ1n) is 4.41. The van der Waals surface area contributed by atoms with Crippen molar-refractivity contribution in [2.75, 3.05) is 13.2 Å². The minimum Gasteiger partial charge on any atom is -0.296 e. The topological polar surface area (TPSA) is 12.0 Å². The summed E-state index contributed by atoms with van der Waals surface area (Å²) in [4.78, 5) is 0. The lowest BCUT2D eigenvalue weighted by Gasteiger charge is -2.12. The monoisotopic (exact) mass is 259 g/mol. The lowest BCUT2D eigenvalue weighted by Crippen LogP contribution is -2.05. The second kappa shape index (κ2) is 5.74. The second-order valence-electron chi connectivity index (χ2n) is 2.99.